The van der Waals surface area contributed by atoms with E-state index in [2.05, 4.69) is 15.1 Å². The molecule has 7 heteroatoms. The zero-order chi connectivity index (χ0) is 15.8. The Morgan fingerprint density at radius 1 is 1.30 bits per heavy atom. The van der Waals surface area contributed by atoms with Gasteiger partial charge in [0.1, 0.15) is 11.3 Å². The molecule has 1 aliphatic heterocycles. The highest BCUT2D eigenvalue weighted by atomic mass is 16.5. The Morgan fingerprint density at radius 2 is 2.13 bits per heavy atom. The first-order valence-corrected chi connectivity index (χ1v) is 7.33. The maximum Gasteiger partial charge on any atom is 0.263 e. The van der Waals surface area contributed by atoms with Crippen molar-refractivity contribution < 1.29 is 9.26 Å². The van der Waals surface area contributed by atoms with E-state index in [-0.39, 0.29) is 5.56 Å². The summed E-state index contributed by atoms with van der Waals surface area (Å²) in [6.45, 7) is 0.705. The highest BCUT2D eigenvalue weighted by Gasteiger charge is 2.25. The fourth-order valence-electron chi connectivity index (χ4n) is 2.92. The summed E-state index contributed by atoms with van der Waals surface area (Å²) in [4.78, 5) is 20.6. The van der Waals surface area contributed by atoms with Crippen LogP contribution >= 0.6 is 0 Å². The van der Waals surface area contributed by atoms with Crippen molar-refractivity contribution in [3.8, 4) is 28.6 Å². The number of aromatic nitrogens is 4. The molecule has 0 saturated heterocycles. The van der Waals surface area contributed by atoms with Crippen LogP contribution in [0.3, 0.4) is 0 Å². The maximum atomic E-state index is 12.1. The fourth-order valence-corrected chi connectivity index (χ4v) is 2.92. The van der Waals surface area contributed by atoms with E-state index in [9.17, 15) is 4.79 Å². The van der Waals surface area contributed by atoms with E-state index < -0.39 is 0 Å². The lowest BCUT2D eigenvalue weighted by atomic mass is 10.1. The predicted molar refractivity (Wildman–Crippen MR) is 82.1 cm³/mol. The number of pyridine rings is 2. The van der Waals surface area contributed by atoms with Gasteiger partial charge in [-0.15, -0.1) is 0 Å². The summed E-state index contributed by atoms with van der Waals surface area (Å²) in [5.74, 6) is 1.31. The van der Waals surface area contributed by atoms with Gasteiger partial charge in [0.2, 0.25) is 5.82 Å². The van der Waals surface area contributed by atoms with Gasteiger partial charge in [0, 0.05) is 36.3 Å². The van der Waals surface area contributed by atoms with Crippen molar-refractivity contribution in [3.05, 3.63) is 46.6 Å². The smallest absolute Gasteiger partial charge is 0.263 e. The van der Waals surface area contributed by atoms with Crippen molar-refractivity contribution in [2.75, 3.05) is 7.11 Å². The molecule has 0 atom stereocenters. The molecule has 1 aliphatic rings. The predicted octanol–water partition coefficient (Wildman–Crippen LogP) is 1.92. The van der Waals surface area contributed by atoms with Gasteiger partial charge in [0.15, 0.2) is 0 Å². The average Bonchev–Trinajstić information content (AvgIpc) is 3.25. The molecule has 116 valence electrons. The second-order valence-electron chi connectivity index (χ2n) is 5.29. The lowest BCUT2D eigenvalue weighted by Gasteiger charge is -2.11. The number of fused-ring (bicyclic) bond motifs is 1. The van der Waals surface area contributed by atoms with Crippen LogP contribution in [0.15, 0.2) is 39.9 Å². The summed E-state index contributed by atoms with van der Waals surface area (Å²) in [7, 11) is 1.53. The monoisotopic (exact) mass is 310 g/mol. The van der Waals surface area contributed by atoms with E-state index >= 15 is 0 Å². The minimum Gasteiger partial charge on any atom is -0.496 e. The van der Waals surface area contributed by atoms with Gasteiger partial charge >= 0.3 is 0 Å². The second kappa shape index (κ2) is 5.35. The standard InChI is InChI=1S/C16H14N4O3/c1-22-12-9-13(21)20-8-2-3-11(20)14(12)16-18-15(19-23-16)10-4-6-17-7-5-10/h4-7,9H,2-3,8H2,1H3. The third-order valence-corrected chi connectivity index (χ3v) is 3.98. The van der Waals surface area contributed by atoms with Gasteiger partial charge in [0.05, 0.1) is 7.11 Å². The van der Waals surface area contributed by atoms with Crippen LogP contribution in [0.4, 0.5) is 0 Å². The lowest BCUT2D eigenvalue weighted by molar-refractivity contribution is 0.402. The summed E-state index contributed by atoms with van der Waals surface area (Å²) >= 11 is 0. The van der Waals surface area contributed by atoms with Crippen LogP contribution in [0.5, 0.6) is 5.75 Å². The number of nitrogens with zero attached hydrogens (tertiary/aromatic N) is 4. The molecule has 4 heterocycles. The van der Waals surface area contributed by atoms with Crippen molar-refractivity contribution in [1.82, 2.24) is 19.7 Å². The molecule has 0 N–H and O–H groups in total. The molecular formula is C16H14N4O3. The Hall–Kier alpha value is -2.96. The zero-order valence-electron chi connectivity index (χ0n) is 12.5. The summed E-state index contributed by atoms with van der Waals surface area (Å²) in [6, 6.07) is 5.10. The third-order valence-electron chi connectivity index (χ3n) is 3.98. The Balaban J connectivity index is 1.88. The van der Waals surface area contributed by atoms with E-state index in [1.165, 1.54) is 13.2 Å². The van der Waals surface area contributed by atoms with Gasteiger partial charge in [-0.1, -0.05) is 5.16 Å². The Morgan fingerprint density at radius 3 is 2.91 bits per heavy atom. The first-order chi connectivity index (χ1) is 11.3. The molecule has 0 saturated carbocycles. The summed E-state index contributed by atoms with van der Waals surface area (Å²) in [6.07, 6.45) is 5.05. The van der Waals surface area contributed by atoms with E-state index in [0.717, 1.165) is 24.1 Å². The Labute approximate surface area is 131 Å². The summed E-state index contributed by atoms with van der Waals surface area (Å²) in [5.41, 5.74) is 2.35. The number of hydrogen-bond donors (Lipinski definition) is 0. The molecule has 0 fully saturated rings. The van der Waals surface area contributed by atoms with Gasteiger partial charge in [-0.05, 0) is 25.0 Å². The van der Waals surface area contributed by atoms with Crippen LogP contribution in [0.2, 0.25) is 0 Å². The fraction of sp³-hybridized carbons (Fsp3) is 0.250. The minimum absolute atomic E-state index is 0.0630. The van der Waals surface area contributed by atoms with E-state index in [1.807, 2.05) is 12.1 Å². The van der Waals surface area contributed by atoms with Crippen LogP contribution in [0, 0.1) is 0 Å². The van der Waals surface area contributed by atoms with E-state index in [0.29, 0.717) is 29.6 Å². The lowest BCUT2D eigenvalue weighted by Crippen LogP contribution is -2.19. The highest BCUT2D eigenvalue weighted by molar-refractivity contribution is 5.68. The second-order valence-corrected chi connectivity index (χ2v) is 5.29. The largest absolute Gasteiger partial charge is 0.496 e. The molecule has 0 unspecified atom stereocenters. The van der Waals surface area contributed by atoms with Crippen molar-refractivity contribution in [3.63, 3.8) is 0 Å². The molecule has 0 spiro atoms. The third kappa shape index (κ3) is 2.21. The zero-order valence-corrected chi connectivity index (χ0v) is 12.5. The number of hydrogen-bond acceptors (Lipinski definition) is 6. The molecule has 0 aromatic carbocycles. The quantitative estimate of drug-likeness (QED) is 0.735. The van der Waals surface area contributed by atoms with Crippen molar-refractivity contribution in [2.24, 2.45) is 0 Å². The van der Waals surface area contributed by atoms with E-state index in [4.69, 9.17) is 9.26 Å². The summed E-state index contributed by atoms with van der Waals surface area (Å²) < 4.78 is 12.5. The number of methoxy groups -OCH3 is 1. The molecule has 23 heavy (non-hydrogen) atoms. The molecule has 0 radical (unpaired) electrons. The van der Waals surface area contributed by atoms with Gasteiger partial charge in [-0.3, -0.25) is 9.78 Å². The average molecular weight is 310 g/mol. The SMILES string of the molecule is COc1cc(=O)n2c(c1-c1nc(-c3ccncc3)no1)CCC2. The Kier molecular flexibility index (Phi) is 3.18. The van der Waals surface area contributed by atoms with E-state index in [1.54, 1.807) is 17.0 Å². The van der Waals surface area contributed by atoms with Crippen molar-refractivity contribution in [2.45, 2.75) is 19.4 Å². The molecule has 0 aliphatic carbocycles. The highest BCUT2D eigenvalue weighted by Crippen LogP contribution is 2.34. The molecular weight excluding hydrogens is 296 g/mol. The van der Waals surface area contributed by atoms with Crippen molar-refractivity contribution >= 4 is 0 Å². The molecule has 0 bridgehead atoms. The molecule has 3 aromatic rings. The van der Waals surface area contributed by atoms with Crippen LogP contribution in [0.1, 0.15) is 12.1 Å². The van der Waals surface area contributed by atoms with Gasteiger partial charge in [-0.2, -0.15) is 4.98 Å². The van der Waals surface area contributed by atoms with Crippen molar-refractivity contribution in [1.29, 1.82) is 0 Å². The van der Waals surface area contributed by atoms with Crippen LogP contribution < -0.4 is 10.3 Å². The Bertz CT molecular complexity index is 915. The van der Waals surface area contributed by atoms with Gasteiger partial charge in [0.25, 0.3) is 11.4 Å². The first-order valence-electron chi connectivity index (χ1n) is 7.33. The first kappa shape index (κ1) is 13.7. The van der Waals surface area contributed by atoms with Crippen LogP contribution in [-0.4, -0.2) is 26.8 Å². The maximum absolute atomic E-state index is 12.1. The summed E-state index contributed by atoms with van der Waals surface area (Å²) in [5, 5.41) is 4.03. The van der Waals surface area contributed by atoms with Crippen LogP contribution in [-0.2, 0) is 13.0 Å². The normalized spacial score (nSPS) is 13.1. The molecule has 7 nitrogen and oxygen atoms in total. The molecule has 4 rings (SSSR count). The number of rotatable bonds is 3. The topological polar surface area (TPSA) is 83.0 Å². The minimum atomic E-state index is -0.0630. The van der Waals surface area contributed by atoms with Crippen LogP contribution in [0.25, 0.3) is 22.8 Å². The molecule has 3 aromatic heterocycles. The molecule has 0 amide bonds. The van der Waals surface area contributed by atoms with Gasteiger partial charge < -0.3 is 13.8 Å². The number of ether oxygens (including phenoxy) is 1. The van der Waals surface area contributed by atoms with Gasteiger partial charge in [-0.25, -0.2) is 0 Å².